The molecule has 0 spiro atoms. The molecule has 0 amide bonds. The van der Waals surface area contributed by atoms with E-state index in [0.29, 0.717) is 11.9 Å². The maximum atomic E-state index is 6.30. The van der Waals surface area contributed by atoms with Gasteiger partial charge in [0.05, 0.1) is 17.4 Å². The van der Waals surface area contributed by atoms with E-state index in [-0.39, 0.29) is 0 Å². The van der Waals surface area contributed by atoms with E-state index in [4.69, 9.17) is 5.73 Å². The molecule has 1 aliphatic heterocycles. The van der Waals surface area contributed by atoms with Crippen LogP contribution < -0.4 is 10.6 Å². The SMILES string of the molecule is CCN1CCC(N(C)c2c(N)ncc3[nH]c4ncccc4c23)CC1. The number of H-pyrrole nitrogens is 1. The van der Waals surface area contributed by atoms with Gasteiger partial charge in [-0.05, 0) is 31.5 Å². The molecule has 4 heterocycles. The fourth-order valence-corrected chi connectivity index (χ4v) is 3.88. The van der Waals surface area contributed by atoms with Crippen molar-refractivity contribution in [2.75, 3.05) is 37.3 Å². The summed E-state index contributed by atoms with van der Waals surface area (Å²) in [6.45, 7) is 5.64. The second kappa shape index (κ2) is 5.94. The largest absolute Gasteiger partial charge is 0.382 e. The van der Waals surface area contributed by atoms with Crippen molar-refractivity contribution in [1.29, 1.82) is 0 Å². The molecular weight excluding hydrogens is 300 g/mol. The molecule has 0 atom stereocenters. The first-order valence-corrected chi connectivity index (χ1v) is 8.65. The van der Waals surface area contributed by atoms with E-state index >= 15 is 0 Å². The number of aromatic amines is 1. The van der Waals surface area contributed by atoms with Crippen LogP contribution in [-0.2, 0) is 0 Å². The summed E-state index contributed by atoms with van der Waals surface area (Å²) < 4.78 is 0. The lowest BCUT2D eigenvalue weighted by Crippen LogP contribution is -2.43. The molecule has 0 saturated carbocycles. The number of aromatic nitrogens is 3. The Morgan fingerprint density at radius 1 is 1.33 bits per heavy atom. The predicted octanol–water partition coefficient (Wildman–Crippen LogP) is 2.61. The highest BCUT2D eigenvalue weighted by molar-refractivity contribution is 6.14. The van der Waals surface area contributed by atoms with E-state index in [2.05, 4.69) is 44.8 Å². The van der Waals surface area contributed by atoms with Gasteiger partial charge in [0.1, 0.15) is 11.5 Å². The molecule has 1 fully saturated rings. The Labute approximate surface area is 141 Å². The highest BCUT2D eigenvalue weighted by Gasteiger charge is 2.25. The molecule has 126 valence electrons. The molecular formula is C18H24N6. The summed E-state index contributed by atoms with van der Waals surface area (Å²) in [6.07, 6.45) is 5.92. The maximum Gasteiger partial charge on any atom is 0.147 e. The lowest BCUT2D eigenvalue weighted by Gasteiger charge is -2.37. The number of hydrogen-bond acceptors (Lipinski definition) is 5. The van der Waals surface area contributed by atoms with Gasteiger partial charge < -0.3 is 20.5 Å². The number of anilines is 2. The predicted molar refractivity (Wildman–Crippen MR) is 99.3 cm³/mol. The fraction of sp³-hybridized carbons (Fsp3) is 0.444. The Balaban J connectivity index is 1.79. The zero-order chi connectivity index (χ0) is 16.7. The molecule has 0 radical (unpaired) electrons. The summed E-state index contributed by atoms with van der Waals surface area (Å²) in [6, 6.07) is 4.55. The molecule has 3 aromatic rings. The van der Waals surface area contributed by atoms with Crippen LogP contribution in [0, 0.1) is 0 Å². The molecule has 0 bridgehead atoms. The van der Waals surface area contributed by atoms with Gasteiger partial charge in [-0.25, -0.2) is 9.97 Å². The monoisotopic (exact) mass is 324 g/mol. The zero-order valence-corrected chi connectivity index (χ0v) is 14.3. The molecule has 0 aliphatic carbocycles. The molecule has 1 aliphatic rings. The first kappa shape index (κ1) is 15.2. The average Bonchev–Trinajstić information content (AvgIpc) is 3.00. The minimum absolute atomic E-state index is 0.490. The lowest BCUT2D eigenvalue weighted by molar-refractivity contribution is 0.221. The zero-order valence-electron chi connectivity index (χ0n) is 14.3. The number of piperidine rings is 1. The summed E-state index contributed by atoms with van der Waals surface area (Å²) in [4.78, 5) is 17.0. The van der Waals surface area contributed by atoms with Crippen LogP contribution in [-0.4, -0.2) is 52.6 Å². The summed E-state index contributed by atoms with van der Waals surface area (Å²) in [5, 5.41) is 2.24. The molecule has 6 nitrogen and oxygen atoms in total. The number of nitrogens with zero attached hydrogens (tertiary/aromatic N) is 4. The van der Waals surface area contributed by atoms with Gasteiger partial charge in [0.2, 0.25) is 0 Å². The molecule has 0 unspecified atom stereocenters. The number of pyridine rings is 2. The number of nitrogens with one attached hydrogen (secondary N) is 1. The van der Waals surface area contributed by atoms with Crippen LogP contribution in [0.25, 0.3) is 21.9 Å². The normalized spacial score (nSPS) is 16.9. The fourth-order valence-electron chi connectivity index (χ4n) is 3.88. The molecule has 1 saturated heterocycles. The minimum atomic E-state index is 0.490. The quantitative estimate of drug-likeness (QED) is 0.775. The van der Waals surface area contributed by atoms with Crippen molar-refractivity contribution in [1.82, 2.24) is 19.9 Å². The Hall–Kier alpha value is -2.34. The number of fused-ring (bicyclic) bond motifs is 3. The third-order valence-electron chi connectivity index (χ3n) is 5.32. The van der Waals surface area contributed by atoms with Crippen molar-refractivity contribution in [2.45, 2.75) is 25.8 Å². The first-order chi connectivity index (χ1) is 11.7. The van der Waals surface area contributed by atoms with Crippen LogP contribution >= 0.6 is 0 Å². The Morgan fingerprint density at radius 3 is 2.88 bits per heavy atom. The number of nitrogen functional groups attached to an aromatic ring is 1. The van der Waals surface area contributed by atoms with Gasteiger partial charge >= 0.3 is 0 Å². The highest BCUT2D eigenvalue weighted by atomic mass is 15.2. The van der Waals surface area contributed by atoms with Crippen molar-refractivity contribution in [3.8, 4) is 0 Å². The van der Waals surface area contributed by atoms with Crippen molar-refractivity contribution in [3.05, 3.63) is 24.5 Å². The van der Waals surface area contributed by atoms with Crippen LogP contribution in [0.3, 0.4) is 0 Å². The smallest absolute Gasteiger partial charge is 0.147 e. The van der Waals surface area contributed by atoms with Gasteiger partial charge in [0.15, 0.2) is 0 Å². The second-order valence-corrected chi connectivity index (χ2v) is 6.58. The standard InChI is InChI=1S/C18H24N6/c1-3-24-9-6-12(7-10-24)23(2)16-15-13-5-4-8-20-18(13)22-14(15)11-21-17(16)19/h4-5,8,11-12H,3,6-7,9-10H2,1-2H3,(H2,19,21)(H,20,22). The Bertz CT molecular complexity index is 862. The van der Waals surface area contributed by atoms with Crippen LogP contribution in [0.4, 0.5) is 11.5 Å². The van der Waals surface area contributed by atoms with Gasteiger partial charge in [-0.2, -0.15) is 0 Å². The highest BCUT2D eigenvalue weighted by Crippen LogP contribution is 2.37. The van der Waals surface area contributed by atoms with E-state index in [0.717, 1.165) is 60.1 Å². The summed E-state index contributed by atoms with van der Waals surface area (Å²) in [7, 11) is 2.15. The second-order valence-electron chi connectivity index (χ2n) is 6.58. The number of rotatable bonds is 3. The van der Waals surface area contributed by atoms with Crippen molar-refractivity contribution in [2.24, 2.45) is 0 Å². The van der Waals surface area contributed by atoms with Gasteiger partial charge in [0.25, 0.3) is 0 Å². The van der Waals surface area contributed by atoms with E-state index in [1.165, 1.54) is 0 Å². The van der Waals surface area contributed by atoms with Crippen molar-refractivity contribution >= 4 is 33.4 Å². The molecule has 3 N–H and O–H groups in total. The van der Waals surface area contributed by atoms with Gasteiger partial charge in [-0.3, -0.25) is 0 Å². The molecule has 6 heteroatoms. The number of nitrogens with two attached hydrogens (primary N) is 1. The molecule has 0 aromatic carbocycles. The van der Waals surface area contributed by atoms with Gasteiger partial charge in [-0.1, -0.05) is 6.92 Å². The van der Waals surface area contributed by atoms with E-state index < -0.39 is 0 Å². The molecule has 4 rings (SSSR count). The van der Waals surface area contributed by atoms with Gasteiger partial charge in [-0.15, -0.1) is 0 Å². The Kier molecular flexibility index (Phi) is 3.76. The Morgan fingerprint density at radius 2 is 2.12 bits per heavy atom. The topological polar surface area (TPSA) is 74.1 Å². The van der Waals surface area contributed by atoms with Crippen molar-refractivity contribution in [3.63, 3.8) is 0 Å². The van der Waals surface area contributed by atoms with Crippen molar-refractivity contribution < 1.29 is 0 Å². The average molecular weight is 324 g/mol. The van der Waals surface area contributed by atoms with Crippen LogP contribution in [0.5, 0.6) is 0 Å². The summed E-state index contributed by atoms with van der Waals surface area (Å²) in [5.74, 6) is 0.590. The lowest BCUT2D eigenvalue weighted by atomic mass is 10.0. The first-order valence-electron chi connectivity index (χ1n) is 8.65. The van der Waals surface area contributed by atoms with E-state index in [9.17, 15) is 0 Å². The number of hydrogen-bond donors (Lipinski definition) is 2. The molecule has 24 heavy (non-hydrogen) atoms. The molecule has 3 aromatic heterocycles. The van der Waals surface area contributed by atoms with Crippen LogP contribution in [0.15, 0.2) is 24.5 Å². The van der Waals surface area contributed by atoms with Crippen LogP contribution in [0.2, 0.25) is 0 Å². The van der Waals surface area contributed by atoms with Crippen LogP contribution in [0.1, 0.15) is 19.8 Å². The summed E-state index contributed by atoms with van der Waals surface area (Å²) >= 11 is 0. The maximum absolute atomic E-state index is 6.30. The van der Waals surface area contributed by atoms with E-state index in [1.54, 1.807) is 6.20 Å². The third-order valence-corrected chi connectivity index (χ3v) is 5.32. The van der Waals surface area contributed by atoms with Gasteiger partial charge in [0, 0.05) is 43.1 Å². The minimum Gasteiger partial charge on any atom is -0.382 e. The third kappa shape index (κ3) is 2.38. The number of likely N-dealkylation sites (tertiary alicyclic amines) is 1. The van der Waals surface area contributed by atoms with E-state index in [1.807, 2.05) is 12.3 Å². The summed E-state index contributed by atoms with van der Waals surface area (Å²) in [5.41, 5.74) is 9.21.